The fraction of sp³-hybridized carbons (Fsp3) is 0.673. The Morgan fingerprint density at radius 3 is 1.59 bits per heavy atom. The molecule has 1 saturated carbocycles. The third-order valence-corrected chi connectivity index (χ3v) is 12.1. The predicted molar refractivity (Wildman–Crippen MR) is 262 cm³/mol. The van der Waals surface area contributed by atoms with Crippen LogP contribution in [0.1, 0.15) is 142 Å². The molecule has 9 N–H and O–H groups in total. The van der Waals surface area contributed by atoms with Gasteiger partial charge in [-0.3, -0.25) is 23.2 Å². The number of allylic oxidation sites excluding steroid dienone is 10. The molecule has 396 valence electrons. The zero-order valence-corrected chi connectivity index (χ0v) is 42.2. The van der Waals surface area contributed by atoms with Gasteiger partial charge in [0.25, 0.3) is 0 Å². The molecule has 0 aromatic rings. The Morgan fingerprint density at radius 2 is 1.03 bits per heavy atom. The van der Waals surface area contributed by atoms with E-state index in [1.165, 1.54) is 32.1 Å². The number of carbonyl (C=O) groups excluding carboxylic acids is 2. The quantitative estimate of drug-likeness (QED) is 0.00957. The van der Waals surface area contributed by atoms with Crippen molar-refractivity contribution in [1.82, 2.24) is 0 Å². The summed E-state index contributed by atoms with van der Waals surface area (Å²) < 4.78 is 49.3. The maximum atomic E-state index is 13.0. The normalized spacial score (nSPS) is 22.8. The van der Waals surface area contributed by atoms with Crippen molar-refractivity contribution in [1.29, 1.82) is 0 Å². The van der Waals surface area contributed by atoms with Gasteiger partial charge in [0, 0.05) is 12.8 Å². The highest BCUT2D eigenvalue weighted by Crippen LogP contribution is 2.49. The van der Waals surface area contributed by atoms with Gasteiger partial charge in [-0.1, -0.05) is 157 Å². The fourth-order valence-electron chi connectivity index (χ4n) is 6.88. The third kappa shape index (κ3) is 33.4. The second kappa shape index (κ2) is 38.7. The molecule has 0 spiro atoms. The van der Waals surface area contributed by atoms with Crippen LogP contribution in [0.3, 0.4) is 0 Å². The molecule has 0 aliphatic heterocycles. The van der Waals surface area contributed by atoms with E-state index < -0.39 is 95.7 Å². The van der Waals surface area contributed by atoms with Crippen molar-refractivity contribution < 1.29 is 87.1 Å². The van der Waals surface area contributed by atoms with Crippen molar-refractivity contribution in [3.63, 3.8) is 0 Å². The van der Waals surface area contributed by atoms with Gasteiger partial charge < -0.3 is 54.8 Å². The molecule has 20 heteroatoms. The SMILES string of the molecule is CC/C=C\CCCCCCCCCCCCCC(=O)O[C@H](COC(=O)CC/C=C\C/C=C\C[C@H](O)/C=C/C=C\C=C\[C@H](O)C/C=C\CC)COP(=O)(O)O[C@H]1C(O)C(O)C(O)[C@@H](OP(=O)(O)O)C1O. The molecular weight excluding hydrogens is 938 g/mol. The largest absolute Gasteiger partial charge is 0.472 e. The number of esters is 2. The minimum atomic E-state index is -5.39. The Kier molecular flexibility index (Phi) is 36.0. The highest BCUT2D eigenvalue weighted by atomic mass is 31.2. The molecule has 0 bridgehead atoms. The molecule has 0 aromatic heterocycles. The van der Waals surface area contributed by atoms with Gasteiger partial charge in [0.1, 0.15) is 43.2 Å². The minimum Gasteiger partial charge on any atom is -0.462 e. The minimum absolute atomic E-state index is 0.00111. The summed E-state index contributed by atoms with van der Waals surface area (Å²) in [5.74, 6) is -1.38. The fourth-order valence-corrected chi connectivity index (χ4v) is 8.41. The first-order valence-corrected chi connectivity index (χ1v) is 27.4. The van der Waals surface area contributed by atoms with Crippen molar-refractivity contribution in [2.45, 2.75) is 197 Å². The second-order valence-corrected chi connectivity index (χ2v) is 19.4. The van der Waals surface area contributed by atoms with E-state index in [1.54, 1.807) is 42.5 Å². The Balaban J connectivity index is 2.67. The smallest absolute Gasteiger partial charge is 0.462 e. The number of unbranched alkanes of at least 4 members (excludes halogenated alkanes) is 11. The lowest BCUT2D eigenvalue weighted by Gasteiger charge is -2.43. The molecule has 1 aliphatic rings. The van der Waals surface area contributed by atoms with Gasteiger partial charge in [-0.05, 0) is 57.8 Å². The van der Waals surface area contributed by atoms with E-state index >= 15 is 0 Å². The Labute approximate surface area is 409 Å². The maximum Gasteiger partial charge on any atom is 0.472 e. The average Bonchev–Trinajstić information content (AvgIpc) is 3.30. The van der Waals surface area contributed by atoms with Crippen LogP contribution in [-0.2, 0) is 41.8 Å². The maximum absolute atomic E-state index is 13.0. The number of hydrogen-bond acceptors (Lipinski definition) is 15. The average molecular weight is 1020 g/mol. The molecule has 0 amide bonds. The van der Waals surface area contributed by atoms with E-state index in [9.17, 15) is 64.0 Å². The lowest BCUT2D eigenvalue weighted by atomic mass is 9.85. The van der Waals surface area contributed by atoms with Gasteiger partial charge in [0.15, 0.2) is 6.10 Å². The van der Waals surface area contributed by atoms with Crippen LogP contribution >= 0.6 is 15.6 Å². The van der Waals surface area contributed by atoms with Crippen LogP contribution in [0, 0.1) is 0 Å². The van der Waals surface area contributed by atoms with E-state index in [1.807, 2.05) is 37.3 Å². The van der Waals surface area contributed by atoms with E-state index in [0.29, 0.717) is 32.1 Å². The summed E-state index contributed by atoms with van der Waals surface area (Å²) in [4.78, 5) is 54.3. The first-order chi connectivity index (χ1) is 32.9. The summed E-state index contributed by atoms with van der Waals surface area (Å²) >= 11 is 0. The van der Waals surface area contributed by atoms with Gasteiger partial charge in [0.2, 0.25) is 0 Å². The summed E-state index contributed by atoms with van der Waals surface area (Å²) in [5, 5.41) is 61.3. The molecule has 1 aliphatic carbocycles. The zero-order valence-electron chi connectivity index (χ0n) is 40.4. The van der Waals surface area contributed by atoms with E-state index in [0.717, 1.165) is 51.4 Å². The number of aliphatic hydroxyl groups excluding tert-OH is 6. The van der Waals surface area contributed by atoms with Gasteiger partial charge in [0.05, 0.1) is 18.8 Å². The number of phosphoric acid groups is 2. The van der Waals surface area contributed by atoms with Crippen LogP contribution in [-0.4, -0.2) is 125 Å². The molecule has 0 radical (unpaired) electrons. The van der Waals surface area contributed by atoms with E-state index in [2.05, 4.69) is 23.6 Å². The number of hydrogen-bond donors (Lipinski definition) is 9. The zero-order chi connectivity index (χ0) is 51.3. The predicted octanol–water partition coefficient (Wildman–Crippen LogP) is 7.34. The summed E-state index contributed by atoms with van der Waals surface area (Å²) in [6.07, 6.45) is 26.1. The summed E-state index contributed by atoms with van der Waals surface area (Å²) in [5.41, 5.74) is 0. The van der Waals surface area contributed by atoms with Gasteiger partial charge >= 0.3 is 27.6 Å². The van der Waals surface area contributed by atoms with Crippen molar-refractivity contribution in [2.24, 2.45) is 0 Å². The molecule has 1 rings (SSSR count). The lowest BCUT2D eigenvalue weighted by Crippen LogP contribution is -2.64. The van der Waals surface area contributed by atoms with Crippen molar-refractivity contribution in [3.05, 3.63) is 85.1 Å². The third-order valence-electron chi connectivity index (χ3n) is 10.6. The monoisotopic (exact) mass is 1020 g/mol. The molecule has 18 nitrogen and oxygen atoms in total. The summed E-state index contributed by atoms with van der Waals surface area (Å²) in [6, 6.07) is 0. The van der Waals surface area contributed by atoms with Gasteiger partial charge in [-0.15, -0.1) is 0 Å². The van der Waals surface area contributed by atoms with Crippen LogP contribution in [0.25, 0.3) is 0 Å². The first kappa shape index (κ1) is 64.1. The van der Waals surface area contributed by atoms with Gasteiger partial charge in [-0.2, -0.15) is 0 Å². The molecule has 10 atom stereocenters. The second-order valence-electron chi connectivity index (χ2n) is 16.8. The van der Waals surface area contributed by atoms with Crippen LogP contribution in [0.5, 0.6) is 0 Å². The van der Waals surface area contributed by atoms with Crippen LogP contribution in [0.15, 0.2) is 85.1 Å². The molecule has 1 fully saturated rings. The van der Waals surface area contributed by atoms with E-state index in [-0.39, 0.29) is 12.8 Å². The molecule has 5 unspecified atom stereocenters. The lowest BCUT2D eigenvalue weighted by molar-refractivity contribution is -0.216. The topological polar surface area (TPSA) is 296 Å². The first-order valence-electron chi connectivity index (χ1n) is 24.3. The number of ether oxygens (including phenoxy) is 2. The molecular formula is C49H82O18P2. The van der Waals surface area contributed by atoms with Crippen LogP contribution in [0.4, 0.5) is 0 Å². The Hall–Kier alpha value is -2.90. The molecule has 0 heterocycles. The Bertz CT molecular complexity index is 1690. The van der Waals surface area contributed by atoms with Gasteiger partial charge in [-0.25, -0.2) is 9.13 Å². The van der Waals surface area contributed by atoms with Crippen LogP contribution in [0.2, 0.25) is 0 Å². The molecule has 69 heavy (non-hydrogen) atoms. The number of carbonyl (C=O) groups is 2. The molecule has 0 aromatic carbocycles. The molecule has 0 saturated heterocycles. The number of phosphoric ester groups is 2. The van der Waals surface area contributed by atoms with Crippen LogP contribution < -0.4 is 0 Å². The van der Waals surface area contributed by atoms with Crippen molar-refractivity contribution in [3.8, 4) is 0 Å². The van der Waals surface area contributed by atoms with Crippen molar-refractivity contribution in [2.75, 3.05) is 13.2 Å². The Morgan fingerprint density at radius 1 is 0.536 bits per heavy atom. The summed E-state index contributed by atoms with van der Waals surface area (Å²) in [6.45, 7) is 2.68. The standard InChI is InChI=1S/C49H82O18P2/c1-3-5-7-8-9-10-11-12-13-14-15-16-17-22-30-36-43(53)65-41(38-64-69(61,62)67-49-46(56)44(54)45(55)48(47(49)57)66-68(58,59)60)37-63-42(52)35-29-21-19-18-20-26-32-40(51)34-28-24-23-27-33-39(50)31-25-6-4-2/h5-7,19-21,23-28,33-34,39-41,44-51,54-57H,3-4,8-18,22,29-32,35-38H2,1-2H3,(H,61,62)(H2,58,59,60)/b7-5-,21-19-,24-23-,25-6-,26-20-,33-27+,34-28+/t39-,40+,41-,44?,45?,46?,47?,48-,49+/m1/s1. The highest BCUT2D eigenvalue weighted by Gasteiger charge is 2.54. The highest BCUT2D eigenvalue weighted by molar-refractivity contribution is 7.47. The van der Waals surface area contributed by atoms with E-state index in [4.69, 9.17) is 18.5 Å². The number of rotatable bonds is 39. The van der Waals surface area contributed by atoms with Crippen molar-refractivity contribution >= 4 is 27.6 Å². The number of aliphatic hydroxyl groups is 6. The summed E-state index contributed by atoms with van der Waals surface area (Å²) in [7, 11) is -10.7.